The van der Waals surface area contributed by atoms with Crippen molar-refractivity contribution in [2.45, 2.75) is 5.92 Å². The van der Waals surface area contributed by atoms with Crippen LogP contribution in [0.1, 0.15) is 11.5 Å². The second-order valence-corrected chi connectivity index (χ2v) is 6.49. The minimum absolute atomic E-state index is 0.0140. The molecule has 1 N–H and O–H groups in total. The fraction of sp³-hybridized carbons (Fsp3) is 0.0476. The zero-order valence-corrected chi connectivity index (χ0v) is 14.9. The van der Waals surface area contributed by atoms with Gasteiger partial charge in [-0.1, -0.05) is 30.4 Å². The molecule has 0 aromatic heterocycles. The molecular weight excluding hydrogens is 377 g/mol. The van der Waals surface area contributed by atoms with Crippen molar-refractivity contribution < 1.29 is 18.9 Å². The highest BCUT2D eigenvalue weighted by molar-refractivity contribution is 6.29. The topological polar surface area (TPSA) is 92.6 Å². The summed E-state index contributed by atoms with van der Waals surface area (Å²) >= 11 is 0. The van der Waals surface area contributed by atoms with E-state index in [9.17, 15) is 24.1 Å². The van der Waals surface area contributed by atoms with Crippen molar-refractivity contribution in [1.29, 1.82) is 0 Å². The predicted molar refractivity (Wildman–Crippen MR) is 103 cm³/mol. The van der Waals surface area contributed by atoms with Gasteiger partial charge in [-0.25, -0.2) is 9.40 Å². The molecule has 2 amide bonds. The van der Waals surface area contributed by atoms with Crippen LogP contribution in [0, 0.1) is 15.9 Å². The number of nitrogens with zero attached hydrogens (tertiary/aromatic N) is 2. The number of nitro benzene ring substituents is 1. The van der Waals surface area contributed by atoms with Crippen LogP contribution in [-0.4, -0.2) is 16.7 Å². The van der Waals surface area contributed by atoms with Gasteiger partial charge in [0.05, 0.1) is 10.6 Å². The van der Waals surface area contributed by atoms with Gasteiger partial charge < -0.3 is 0 Å². The van der Waals surface area contributed by atoms with Gasteiger partial charge in [-0.05, 0) is 41.5 Å². The smallest absolute Gasteiger partial charge is 0.267 e. The second-order valence-electron chi connectivity index (χ2n) is 6.49. The standard InChI is InChI=1S/C21H14FN3O4/c22-15-6-10-16(11-7-15)24-21(27)19(20(26)23-24)12-14-2-1-3-18(14)13-4-8-17(9-5-13)25(28)29/h1-12,18H,(H,23,26)/b19-12-/t18-/m0/s1. The van der Waals surface area contributed by atoms with Crippen molar-refractivity contribution in [2.75, 3.05) is 5.01 Å². The molecule has 2 aliphatic rings. The van der Waals surface area contributed by atoms with Gasteiger partial charge in [0.25, 0.3) is 17.5 Å². The van der Waals surface area contributed by atoms with Crippen LogP contribution in [0.4, 0.5) is 15.8 Å². The number of rotatable bonds is 4. The van der Waals surface area contributed by atoms with Crippen LogP contribution < -0.4 is 10.4 Å². The average Bonchev–Trinajstić information content (AvgIpc) is 3.29. The lowest BCUT2D eigenvalue weighted by molar-refractivity contribution is -0.384. The van der Waals surface area contributed by atoms with Crippen molar-refractivity contribution in [2.24, 2.45) is 0 Å². The van der Waals surface area contributed by atoms with E-state index < -0.39 is 22.6 Å². The van der Waals surface area contributed by atoms with Gasteiger partial charge in [0, 0.05) is 18.1 Å². The molecule has 1 atom stereocenters. The summed E-state index contributed by atoms with van der Waals surface area (Å²) in [7, 11) is 0. The van der Waals surface area contributed by atoms with Gasteiger partial charge in [-0.3, -0.25) is 25.1 Å². The zero-order chi connectivity index (χ0) is 20.5. The van der Waals surface area contributed by atoms with Crippen LogP contribution in [0.5, 0.6) is 0 Å². The fourth-order valence-corrected chi connectivity index (χ4v) is 3.23. The second kappa shape index (κ2) is 7.16. The number of allylic oxidation sites excluding steroid dienone is 5. The number of amides is 2. The van der Waals surface area contributed by atoms with Crippen molar-refractivity contribution in [3.8, 4) is 0 Å². The number of anilines is 1. The number of nitro groups is 1. The zero-order valence-electron chi connectivity index (χ0n) is 14.9. The number of nitrogens with one attached hydrogen (secondary N) is 1. The highest BCUT2D eigenvalue weighted by atomic mass is 19.1. The van der Waals surface area contributed by atoms with Gasteiger partial charge in [0.15, 0.2) is 0 Å². The van der Waals surface area contributed by atoms with Crippen LogP contribution in [0.2, 0.25) is 0 Å². The number of carbonyl (C=O) groups excluding carboxylic acids is 2. The average molecular weight is 391 g/mol. The van der Waals surface area contributed by atoms with Crippen molar-refractivity contribution in [1.82, 2.24) is 5.43 Å². The summed E-state index contributed by atoms with van der Waals surface area (Å²) in [5.41, 5.74) is 4.26. The van der Waals surface area contributed by atoms with Crippen LogP contribution in [0.25, 0.3) is 0 Å². The third-order valence-corrected chi connectivity index (χ3v) is 4.70. The first kappa shape index (κ1) is 18.3. The maximum atomic E-state index is 13.1. The van der Waals surface area contributed by atoms with Crippen LogP contribution in [0.3, 0.4) is 0 Å². The summed E-state index contributed by atoms with van der Waals surface area (Å²) in [6.45, 7) is 0. The summed E-state index contributed by atoms with van der Waals surface area (Å²) in [4.78, 5) is 35.4. The Kier molecular flexibility index (Phi) is 4.52. The van der Waals surface area contributed by atoms with Gasteiger partial charge in [0.1, 0.15) is 11.4 Å². The van der Waals surface area contributed by atoms with Gasteiger partial charge in [0.2, 0.25) is 0 Å². The Labute approximate surface area is 164 Å². The Balaban J connectivity index is 1.59. The van der Waals surface area contributed by atoms with E-state index in [0.29, 0.717) is 11.3 Å². The minimum atomic E-state index is -0.561. The summed E-state index contributed by atoms with van der Waals surface area (Å²) in [6, 6.07) is 11.3. The largest absolute Gasteiger partial charge is 0.282 e. The van der Waals surface area contributed by atoms with E-state index in [2.05, 4.69) is 5.43 Å². The molecule has 144 valence electrons. The Morgan fingerprint density at radius 1 is 1.07 bits per heavy atom. The van der Waals surface area contributed by atoms with Gasteiger partial charge in [-0.15, -0.1) is 0 Å². The molecule has 0 saturated carbocycles. The molecule has 2 aromatic rings. The monoisotopic (exact) mass is 391 g/mol. The molecule has 1 aliphatic heterocycles. The Morgan fingerprint density at radius 2 is 1.76 bits per heavy atom. The molecule has 8 heteroatoms. The van der Waals surface area contributed by atoms with E-state index >= 15 is 0 Å². The van der Waals surface area contributed by atoms with Crippen molar-refractivity contribution in [3.05, 3.63) is 105 Å². The minimum Gasteiger partial charge on any atom is -0.267 e. The van der Waals surface area contributed by atoms with Crippen LogP contribution >= 0.6 is 0 Å². The molecule has 4 rings (SSSR count). The number of carbonyl (C=O) groups is 2. The molecule has 1 heterocycles. The molecule has 0 spiro atoms. The number of hydrogen-bond acceptors (Lipinski definition) is 4. The molecule has 7 nitrogen and oxygen atoms in total. The Morgan fingerprint density at radius 3 is 2.41 bits per heavy atom. The maximum Gasteiger partial charge on any atom is 0.282 e. The third-order valence-electron chi connectivity index (χ3n) is 4.70. The van der Waals surface area contributed by atoms with E-state index in [-0.39, 0.29) is 17.2 Å². The lowest BCUT2D eigenvalue weighted by atomic mass is 9.92. The van der Waals surface area contributed by atoms with E-state index in [1.54, 1.807) is 24.3 Å². The van der Waals surface area contributed by atoms with E-state index in [1.165, 1.54) is 42.5 Å². The lowest BCUT2D eigenvalue weighted by Crippen LogP contribution is -2.35. The van der Waals surface area contributed by atoms with Gasteiger partial charge >= 0.3 is 0 Å². The summed E-state index contributed by atoms with van der Waals surface area (Å²) in [5, 5.41) is 11.9. The lowest BCUT2D eigenvalue weighted by Gasteiger charge is -2.14. The first-order chi connectivity index (χ1) is 13.9. The summed E-state index contributed by atoms with van der Waals surface area (Å²) in [6.07, 6.45) is 6.96. The number of hydrogen-bond donors (Lipinski definition) is 1. The Bertz CT molecular complexity index is 1100. The fourth-order valence-electron chi connectivity index (χ4n) is 3.23. The highest BCUT2D eigenvalue weighted by Gasteiger charge is 2.35. The Hall–Kier alpha value is -4.07. The SMILES string of the molecule is O=C1NN(c2ccc(F)cc2)C(=O)/C1=C\C1=CC=C[C@H]1c1ccc([N+](=O)[O-])cc1. The van der Waals surface area contributed by atoms with E-state index in [1.807, 2.05) is 6.08 Å². The molecule has 0 radical (unpaired) electrons. The van der Waals surface area contributed by atoms with E-state index in [4.69, 9.17) is 0 Å². The highest BCUT2D eigenvalue weighted by Crippen LogP contribution is 2.33. The number of non-ortho nitro benzene ring substituents is 1. The number of benzene rings is 2. The quantitative estimate of drug-likeness (QED) is 0.375. The third kappa shape index (κ3) is 3.43. The van der Waals surface area contributed by atoms with E-state index in [0.717, 1.165) is 10.6 Å². The molecule has 29 heavy (non-hydrogen) atoms. The molecule has 2 aromatic carbocycles. The molecule has 1 aliphatic carbocycles. The van der Waals surface area contributed by atoms with Crippen LogP contribution in [0.15, 0.2) is 84.0 Å². The molecule has 1 saturated heterocycles. The first-order valence-corrected chi connectivity index (χ1v) is 8.69. The maximum absolute atomic E-state index is 13.1. The first-order valence-electron chi connectivity index (χ1n) is 8.69. The number of hydrazine groups is 1. The number of halogens is 1. The summed E-state index contributed by atoms with van der Waals surface area (Å²) < 4.78 is 13.1. The van der Waals surface area contributed by atoms with Crippen molar-refractivity contribution in [3.63, 3.8) is 0 Å². The predicted octanol–water partition coefficient (Wildman–Crippen LogP) is 3.32. The van der Waals surface area contributed by atoms with Crippen molar-refractivity contribution >= 4 is 23.2 Å². The molecule has 0 unspecified atom stereocenters. The molecule has 1 fully saturated rings. The molecule has 0 bridgehead atoms. The normalized spacial score (nSPS) is 19.6. The summed E-state index contributed by atoms with van der Waals surface area (Å²) in [5.74, 6) is -1.79. The van der Waals surface area contributed by atoms with Crippen LogP contribution in [-0.2, 0) is 9.59 Å². The molecular formula is C21H14FN3O4. The van der Waals surface area contributed by atoms with Gasteiger partial charge in [-0.2, -0.15) is 0 Å².